The van der Waals surface area contributed by atoms with Crippen LogP contribution in [-0.4, -0.2) is 52.3 Å². The maximum Gasteiger partial charge on any atom is 0.436 e. The Kier molecular flexibility index (Phi) is 11.7. The Hall–Kier alpha value is -3.73. The van der Waals surface area contributed by atoms with E-state index < -0.39 is 11.6 Å². The molecule has 11 heteroatoms. The average molecular weight is 678 g/mol. The van der Waals surface area contributed by atoms with E-state index in [9.17, 15) is 14.4 Å². The molecule has 0 bridgehead atoms. The number of rotatable bonds is 13. The Morgan fingerprint density at radius 3 is 2.40 bits per heavy atom. The molecule has 1 aliphatic rings. The average Bonchev–Trinajstić information content (AvgIpc) is 3.64. The minimum absolute atomic E-state index is 0.183. The van der Waals surface area contributed by atoms with E-state index in [2.05, 4.69) is 27.6 Å². The van der Waals surface area contributed by atoms with E-state index in [1.807, 2.05) is 44.2 Å². The number of thiophene rings is 1. The number of unbranched alkanes of at least 4 members (excludes halogenated alkanes) is 4. The van der Waals surface area contributed by atoms with Crippen LogP contribution in [0.15, 0.2) is 54.6 Å². The lowest BCUT2D eigenvalue weighted by atomic mass is 9.94. The fraction of sp³-hybridized carbons (Fsp3) is 0.444. The molecule has 47 heavy (non-hydrogen) atoms. The van der Waals surface area contributed by atoms with Crippen molar-refractivity contribution >= 4 is 56.9 Å². The zero-order chi connectivity index (χ0) is 33.4. The molecule has 3 heterocycles. The van der Waals surface area contributed by atoms with Crippen LogP contribution in [-0.2, 0) is 16.8 Å². The molecule has 0 unspecified atom stereocenters. The summed E-state index contributed by atoms with van der Waals surface area (Å²) in [7, 11) is 0. The number of nitrogens with zero attached hydrogens (tertiary/aromatic N) is 3. The second-order valence-corrected chi connectivity index (χ2v) is 14.1. The van der Waals surface area contributed by atoms with Crippen molar-refractivity contribution in [3.8, 4) is 0 Å². The maximum absolute atomic E-state index is 13.5. The fourth-order valence-corrected chi connectivity index (χ4v) is 7.23. The standard InChI is InChI=1S/C36H44ClN5O4S/c1-4-5-6-7-13-22-46-35(45)42-34-27(23-30(47-34)33(44)39-36(2,3)28-14-9-10-15-29(28)37)31(40-42)38-32(43)26-18-16-25(17-19-26)24-41-20-11-8-12-21-41/h9-10,14-19,23H,4-8,11-13,20-22,24H2,1-3H3,(H,39,44)(H,38,40,43). The maximum atomic E-state index is 13.5. The normalized spacial score (nSPS) is 13.9. The number of hydrogen-bond acceptors (Lipinski definition) is 7. The number of anilines is 1. The van der Waals surface area contributed by atoms with Gasteiger partial charge >= 0.3 is 6.09 Å². The lowest BCUT2D eigenvalue weighted by Crippen LogP contribution is -2.40. The molecule has 0 radical (unpaired) electrons. The number of benzene rings is 2. The number of halogens is 1. The highest BCUT2D eigenvalue weighted by Gasteiger charge is 2.29. The predicted octanol–water partition coefficient (Wildman–Crippen LogP) is 8.61. The summed E-state index contributed by atoms with van der Waals surface area (Å²) < 4.78 is 6.69. The van der Waals surface area contributed by atoms with Crippen molar-refractivity contribution in [1.82, 2.24) is 20.0 Å². The monoisotopic (exact) mass is 677 g/mol. The van der Waals surface area contributed by atoms with Crippen LogP contribution in [0.3, 0.4) is 0 Å². The van der Waals surface area contributed by atoms with E-state index in [4.69, 9.17) is 16.3 Å². The molecular formula is C36H44ClN5O4S. The van der Waals surface area contributed by atoms with Crippen molar-refractivity contribution in [3.63, 3.8) is 0 Å². The summed E-state index contributed by atoms with van der Waals surface area (Å²) in [5.41, 5.74) is 1.63. The van der Waals surface area contributed by atoms with Gasteiger partial charge in [0.1, 0.15) is 4.83 Å². The molecule has 5 rings (SSSR count). The first-order valence-electron chi connectivity index (χ1n) is 16.6. The summed E-state index contributed by atoms with van der Waals surface area (Å²) in [6, 6.07) is 16.6. The van der Waals surface area contributed by atoms with Crippen LogP contribution >= 0.6 is 22.9 Å². The molecule has 2 aromatic heterocycles. The fourth-order valence-electron chi connectivity index (χ4n) is 5.86. The Labute approximate surface area is 285 Å². The van der Waals surface area contributed by atoms with Crippen LogP contribution in [0.5, 0.6) is 0 Å². The van der Waals surface area contributed by atoms with Gasteiger partial charge in [-0.3, -0.25) is 14.5 Å². The lowest BCUT2D eigenvalue weighted by Gasteiger charge is -2.27. The summed E-state index contributed by atoms with van der Waals surface area (Å²) >= 11 is 7.55. The molecule has 4 aromatic rings. The smallest absolute Gasteiger partial charge is 0.436 e. The summed E-state index contributed by atoms with van der Waals surface area (Å²) in [6.45, 7) is 9.23. The topological polar surface area (TPSA) is 106 Å². The van der Waals surface area contributed by atoms with Gasteiger partial charge in [-0.2, -0.15) is 4.68 Å². The molecule has 9 nitrogen and oxygen atoms in total. The van der Waals surface area contributed by atoms with Gasteiger partial charge in [-0.25, -0.2) is 4.79 Å². The molecule has 250 valence electrons. The third-order valence-corrected chi connectivity index (χ3v) is 9.95. The number of piperidine rings is 1. The number of amides is 2. The molecule has 2 aromatic carbocycles. The first-order chi connectivity index (χ1) is 22.7. The molecule has 0 aliphatic carbocycles. The highest BCUT2D eigenvalue weighted by Crippen LogP contribution is 2.34. The van der Waals surface area contributed by atoms with E-state index >= 15 is 0 Å². The van der Waals surface area contributed by atoms with Gasteiger partial charge in [0.25, 0.3) is 11.8 Å². The van der Waals surface area contributed by atoms with Crippen LogP contribution in [0.25, 0.3) is 10.2 Å². The van der Waals surface area contributed by atoms with Gasteiger partial charge in [0, 0.05) is 17.1 Å². The van der Waals surface area contributed by atoms with Gasteiger partial charge in [-0.1, -0.05) is 81.0 Å². The summed E-state index contributed by atoms with van der Waals surface area (Å²) in [5, 5.41) is 11.4. The summed E-state index contributed by atoms with van der Waals surface area (Å²) in [4.78, 5) is 43.3. The molecular weight excluding hydrogens is 634 g/mol. The summed E-state index contributed by atoms with van der Waals surface area (Å²) in [6.07, 6.45) is 8.16. The molecule has 2 amide bonds. The van der Waals surface area contributed by atoms with E-state index in [-0.39, 0.29) is 24.2 Å². The minimum atomic E-state index is -0.772. The Bertz CT molecular complexity index is 1690. The van der Waals surface area contributed by atoms with Crippen molar-refractivity contribution in [2.24, 2.45) is 0 Å². The molecule has 0 atom stereocenters. The third-order valence-electron chi connectivity index (χ3n) is 8.51. The molecule has 1 saturated heterocycles. The van der Waals surface area contributed by atoms with E-state index in [1.54, 1.807) is 24.3 Å². The number of carbonyl (C=O) groups excluding carboxylic acids is 3. The van der Waals surface area contributed by atoms with Crippen molar-refractivity contribution in [2.75, 3.05) is 25.0 Å². The Morgan fingerprint density at radius 1 is 0.957 bits per heavy atom. The molecule has 0 spiro atoms. The molecule has 1 fully saturated rings. The van der Waals surface area contributed by atoms with Crippen LogP contribution in [0.2, 0.25) is 5.02 Å². The number of nitrogens with one attached hydrogen (secondary N) is 2. The number of hydrogen-bond donors (Lipinski definition) is 2. The zero-order valence-electron chi connectivity index (χ0n) is 27.4. The van der Waals surface area contributed by atoms with E-state index in [0.29, 0.717) is 25.7 Å². The van der Waals surface area contributed by atoms with Crippen molar-refractivity contribution in [1.29, 1.82) is 0 Å². The predicted molar refractivity (Wildman–Crippen MR) is 189 cm³/mol. The number of carbonyl (C=O) groups is 3. The Balaban J connectivity index is 1.35. The van der Waals surface area contributed by atoms with Gasteiger partial charge in [0.15, 0.2) is 5.82 Å². The van der Waals surface area contributed by atoms with E-state index in [1.165, 1.54) is 19.3 Å². The van der Waals surface area contributed by atoms with Crippen molar-refractivity contribution in [3.05, 3.63) is 81.2 Å². The van der Waals surface area contributed by atoms with Crippen molar-refractivity contribution < 1.29 is 19.1 Å². The lowest BCUT2D eigenvalue weighted by molar-refractivity contribution is 0.0915. The molecule has 1 aliphatic heterocycles. The second-order valence-electron chi connectivity index (χ2n) is 12.7. The first kappa shape index (κ1) is 34.6. The van der Waals surface area contributed by atoms with Gasteiger partial charge in [0.05, 0.1) is 22.4 Å². The largest absolute Gasteiger partial charge is 0.448 e. The third kappa shape index (κ3) is 8.80. The summed E-state index contributed by atoms with van der Waals surface area (Å²) in [5.74, 6) is -0.515. The highest BCUT2D eigenvalue weighted by atomic mass is 35.5. The number of aromatic nitrogens is 2. The van der Waals surface area contributed by atoms with Crippen LogP contribution in [0.4, 0.5) is 10.6 Å². The SMILES string of the molecule is CCCCCCCOC(=O)n1nc(NC(=O)c2ccc(CN3CCCCC3)cc2)c2cc(C(=O)NC(C)(C)c3ccccc3Cl)sc21. The zero-order valence-corrected chi connectivity index (χ0v) is 29.0. The van der Waals surface area contributed by atoms with E-state index in [0.717, 1.165) is 78.9 Å². The quantitative estimate of drug-likeness (QED) is 0.137. The molecule has 2 N–H and O–H groups in total. The minimum Gasteiger partial charge on any atom is -0.448 e. The Morgan fingerprint density at radius 2 is 1.68 bits per heavy atom. The highest BCUT2D eigenvalue weighted by molar-refractivity contribution is 7.20. The first-order valence-corrected chi connectivity index (χ1v) is 17.8. The van der Waals surface area contributed by atoms with Gasteiger partial charge < -0.3 is 15.4 Å². The number of likely N-dealkylation sites (tertiary alicyclic amines) is 1. The van der Waals surface area contributed by atoms with Crippen molar-refractivity contribution in [2.45, 2.75) is 84.2 Å². The van der Waals surface area contributed by atoms with Gasteiger partial charge in [-0.15, -0.1) is 16.4 Å². The molecule has 0 saturated carbocycles. The van der Waals surface area contributed by atoms with Crippen LogP contribution in [0.1, 0.15) is 103 Å². The van der Waals surface area contributed by atoms with Crippen LogP contribution in [0, 0.1) is 0 Å². The van der Waals surface area contributed by atoms with Gasteiger partial charge in [0.2, 0.25) is 0 Å². The second kappa shape index (κ2) is 15.9. The number of ether oxygens (including phenoxy) is 1. The number of fused-ring (bicyclic) bond motifs is 1. The van der Waals surface area contributed by atoms with Gasteiger partial charge in [-0.05, 0) is 81.6 Å². The van der Waals surface area contributed by atoms with Crippen LogP contribution < -0.4 is 10.6 Å².